The van der Waals surface area contributed by atoms with Gasteiger partial charge in [-0.15, -0.1) is 5.10 Å². The summed E-state index contributed by atoms with van der Waals surface area (Å²) < 4.78 is 37.3. The minimum atomic E-state index is -3.33. The molecule has 2 amide bonds. The molecule has 0 radical (unpaired) electrons. The number of anilines is 2. The van der Waals surface area contributed by atoms with Gasteiger partial charge in [-0.1, -0.05) is 81.0 Å². The summed E-state index contributed by atoms with van der Waals surface area (Å²) in [5.74, 6) is 2.19. The zero-order valence-electron chi connectivity index (χ0n) is 30.3. The number of aromatic nitrogens is 2. The van der Waals surface area contributed by atoms with Crippen molar-refractivity contribution in [2.24, 2.45) is 0 Å². The van der Waals surface area contributed by atoms with Gasteiger partial charge in [-0.2, -0.15) is 5.10 Å². The maximum Gasteiger partial charge on any atom is 0.333 e. The molecule has 0 aliphatic carbocycles. The molecule has 12 heteroatoms. The summed E-state index contributed by atoms with van der Waals surface area (Å²) in [5.41, 5.74) is 12.0. The molecular weight excluding hydrogens is 665 g/mol. The first-order chi connectivity index (χ1) is 24.6. The zero-order valence-corrected chi connectivity index (χ0v) is 31.1. The van der Waals surface area contributed by atoms with Crippen molar-refractivity contribution in [1.29, 1.82) is 0 Å². The molecular formula is C39H52N6O5S. The molecule has 0 spiro atoms. The Kier molecular flexibility index (Phi) is 15.4. The highest BCUT2D eigenvalue weighted by Gasteiger charge is 2.09. The van der Waals surface area contributed by atoms with Crippen LogP contribution in [0.3, 0.4) is 0 Å². The predicted molar refractivity (Wildman–Crippen MR) is 204 cm³/mol. The second-order valence-corrected chi connectivity index (χ2v) is 14.6. The Bertz CT molecular complexity index is 1780. The maximum absolute atomic E-state index is 12.3. The first kappa shape index (κ1) is 39.0. The highest BCUT2D eigenvalue weighted by Crippen LogP contribution is 2.25. The van der Waals surface area contributed by atoms with E-state index in [1.807, 2.05) is 37.3 Å². The van der Waals surface area contributed by atoms with Crippen LogP contribution in [0.4, 0.5) is 16.3 Å². The van der Waals surface area contributed by atoms with Gasteiger partial charge in [-0.3, -0.25) is 15.6 Å². The van der Waals surface area contributed by atoms with Gasteiger partial charge in [0, 0.05) is 25.1 Å². The fraction of sp³-hybridized carbons (Fsp3) is 0.410. The van der Waals surface area contributed by atoms with Crippen molar-refractivity contribution < 1.29 is 22.7 Å². The summed E-state index contributed by atoms with van der Waals surface area (Å²) in [5, 5.41) is 11.2. The van der Waals surface area contributed by atoms with E-state index in [2.05, 4.69) is 75.3 Å². The largest absolute Gasteiger partial charge is 0.494 e. The van der Waals surface area contributed by atoms with E-state index in [-0.39, 0.29) is 6.03 Å². The molecule has 4 N–H and O–H groups in total. The first-order valence-electron chi connectivity index (χ1n) is 17.7. The number of hydrogen-bond acceptors (Lipinski definition) is 8. The van der Waals surface area contributed by atoms with E-state index in [1.54, 1.807) is 12.1 Å². The van der Waals surface area contributed by atoms with Crippen molar-refractivity contribution in [2.45, 2.75) is 78.6 Å². The number of nitrogens with zero attached hydrogens (tertiary/aromatic N) is 2. The topological polar surface area (TPSA) is 144 Å². The van der Waals surface area contributed by atoms with E-state index in [0.29, 0.717) is 37.5 Å². The fourth-order valence-electron chi connectivity index (χ4n) is 5.46. The molecule has 0 aliphatic heterocycles. The lowest BCUT2D eigenvalue weighted by Gasteiger charge is -2.13. The highest BCUT2D eigenvalue weighted by atomic mass is 32.2. The van der Waals surface area contributed by atoms with Crippen LogP contribution in [-0.4, -0.2) is 50.7 Å². The summed E-state index contributed by atoms with van der Waals surface area (Å²) in [4.78, 5) is 12.3. The molecule has 274 valence electrons. The molecule has 1 aromatic heterocycles. The van der Waals surface area contributed by atoms with Gasteiger partial charge in [0.1, 0.15) is 11.5 Å². The number of carbonyl (C=O) groups is 1. The summed E-state index contributed by atoms with van der Waals surface area (Å²) in [7, 11) is -3.33. The molecule has 4 aromatic rings. The lowest BCUT2D eigenvalue weighted by Crippen LogP contribution is -2.40. The van der Waals surface area contributed by atoms with Crippen LogP contribution in [0, 0.1) is 13.8 Å². The van der Waals surface area contributed by atoms with E-state index >= 15 is 0 Å². The van der Waals surface area contributed by atoms with Crippen LogP contribution in [0.1, 0.15) is 85.4 Å². The van der Waals surface area contributed by atoms with E-state index < -0.39 is 10.0 Å². The molecule has 11 nitrogen and oxygen atoms in total. The van der Waals surface area contributed by atoms with E-state index in [4.69, 9.17) is 9.47 Å². The highest BCUT2D eigenvalue weighted by molar-refractivity contribution is 7.92. The number of urea groups is 1. The minimum Gasteiger partial charge on any atom is -0.494 e. The standard InChI is InChI=1S/C39H52N6O5S/c1-5-6-7-8-9-10-23-50-37-21-12-29(2)25-33(37)27-31-15-19-36(20-16-31)49-24-11-22-40-39(46)44-43-38-30(3)26-35(41-42-38)28-32-13-17-34(18-14-32)45-51(4,47)48/h12-21,25-26,45H,5-11,22-24,27-28H2,1-4H3,(H,42,43)(H2,40,44,46). The van der Waals surface area contributed by atoms with Gasteiger partial charge in [0.2, 0.25) is 10.0 Å². The third kappa shape index (κ3) is 14.5. The molecule has 0 bridgehead atoms. The van der Waals surface area contributed by atoms with Crippen LogP contribution in [0.5, 0.6) is 11.5 Å². The van der Waals surface area contributed by atoms with Crippen molar-refractivity contribution in [3.05, 3.63) is 106 Å². The normalized spacial score (nSPS) is 11.1. The van der Waals surface area contributed by atoms with Crippen molar-refractivity contribution >= 4 is 27.6 Å². The second kappa shape index (κ2) is 20.1. The molecule has 3 aromatic carbocycles. The van der Waals surface area contributed by atoms with Gasteiger partial charge in [-0.05, 0) is 85.3 Å². The first-order valence-corrected chi connectivity index (χ1v) is 19.6. The number of sulfonamides is 1. The number of aryl methyl sites for hydroxylation is 2. The summed E-state index contributed by atoms with van der Waals surface area (Å²) >= 11 is 0. The quantitative estimate of drug-likeness (QED) is 0.0514. The Hall–Kier alpha value is -4.84. The van der Waals surface area contributed by atoms with Crippen molar-refractivity contribution in [3.8, 4) is 11.5 Å². The Morgan fingerprint density at radius 3 is 2.18 bits per heavy atom. The fourth-order valence-corrected chi connectivity index (χ4v) is 6.03. The third-order valence-corrected chi connectivity index (χ3v) is 8.74. The van der Waals surface area contributed by atoms with Crippen LogP contribution in [-0.2, 0) is 22.9 Å². The summed E-state index contributed by atoms with van der Waals surface area (Å²) in [6.45, 7) is 7.86. The molecule has 0 saturated carbocycles. The Morgan fingerprint density at radius 1 is 0.765 bits per heavy atom. The van der Waals surface area contributed by atoms with Crippen LogP contribution in [0.15, 0.2) is 72.8 Å². The SMILES string of the molecule is CCCCCCCCOc1ccc(C)cc1Cc1ccc(OCCCNC(=O)NNc2nnc(Cc3ccc(NS(C)(=O)=O)cc3)cc2C)cc1. The number of hydrogen-bond donors (Lipinski definition) is 4. The lowest BCUT2D eigenvalue weighted by atomic mass is 10.0. The number of carbonyl (C=O) groups excluding carboxylic acids is 1. The Morgan fingerprint density at radius 2 is 1.45 bits per heavy atom. The molecule has 4 rings (SSSR count). The molecule has 0 saturated heterocycles. The van der Waals surface area contributed by atoms with Gasteiger partial charge in [0.15, 0.2) is 5.82 Å². The second-order valence-electron chi connectivity index (χ2n) is 12.9. The Labute approximate surface area is 303 Å². The number of ether oxygens (including phenoxy) is 2. The number of nitrogens with one attached hydrogen (secondary N) is 4. The van der Waals surface area contributed by atoms with Crippen LogP contribution in [0.2, 0.25) is 0 Å². The zero-order chi connectivity index (χ0) is 36.5. The number of rotatable bonds is 21. The smallest absolute Gasteiger partial charge is 0.333 e. The molecule has 1 heterocycles. The summed E-state index contributed by atoms with van der Waals surface area (Å²) in [6.07, 6.45) is 10.5. The summed E-state index contributed by atoms with van der Waals surface area (Å²) in [6, 6.07) is 23.1. The lowest BCUT2D eigenvalue weighted by molar-refractivity contribution is 0.241. The van der Waals surface area contributed by atoms with Gasteiger partial charge >= 0.3 is 6.03 Å². The van der Waals surface area contributed by atoms with Crippen molar-refractivity contribution in [3.63, 3.8) is 0 Å². The van der Waals surface area contributed by atoms with Gasteiger partial charge in [0.05, 0.1) is 25.2 Å². The monoisotopic (exact) mass is 716 g/mol. The van der Waals surface area contributed by atoms with E-state index in [0.717, 1.165) is 54.0 Å². The number of unbranched alkanes of at least 4 members (excludes halogenated alkanes) is 5. The molecule has 0 aliphatic rings. The number of hydrazine groups is 1. The predicted octanol–water partition coefficient (Wildman–Crippen LogP) is 7.48. The van der Waals surface area contributed by atoms with Gasteiger partial charge < -0.3 is 14.8 Å². The molecule has 0 fully saturated rings. The third-order valence-electron chi connectivity index (χ3n) is 8.14. The average Bonchev–Trinajstić information content (AvgIpc) is 3.09. The molecule has 0 atom stereocenters. The van der Waals surface area contributed by atoms with E-state index in [1.165, 1.54) is 48.8 Å². The minimum absolute atomic E-state index is 0.390. The van der Waals surface area contributed by atoms with Crippen molar-refractivity contribution in [2.75, 3.05) is 36.2 Å². The van der Waals surface area contributed by atoms with E-state index in [9.17, 15) is 13.2 Å². The number of benzene rings is 3. The van der Waals surface area contributed by atoms with Gasteiger partial charge in [0.25, 0.3) is 0 Å². The van der Waals surface area contributed by atoms with Crippen molar-refractivity contribution in [1.82, 2.24) is 20.9 Å². The number of amides is 2. The van der Waals surface area contributed by atoms with Crippen LogP contribution < -0.4 is 30.4 Å². The van der Waals surface area contributed by atoms with Crippen LogP contribution >= 0.6 is 0 Å². The average molecular weight is 717 g/mol. The van der Waals surface area contributed by atoms with Crippen LogP contribution in [0.25, 0.3) is 0 Å². The molecule has 0 unspecified atom stereocenters. The maximum atomic E-state index is 12.3. The van der Waals surface area contributed by atoms with Gasteiger partial charge in [-0.25, -0.2) is 13.2 Å². The molecule has 51 heavy (non-hydrogen) atoms. The Balaban J connectivity index is 1.12.